The standard InChI is InChI=1S/C39H52N6O7S2/c1-11-23-17-39(23,36(48)44-54(49,50)38(9)14-15-38)43-33(46)31-22(5)29(18-45(31)35(47)32(40)37(6,7)8)52-28-16-25(34-42-26(19-53-34)20(2)3)41-30-21(4)27(51-10)13-12-24(28)30/h11-13,16,19-20,22-23,29,31-32H,1,14-15,17-18,40H2,2-10H3,(H,43,46)(H,44,48)/t22-,23-,29+,31+,32?,39-/m1/s1. The largest absolute Gasteiger partial charge is 0.496 e. The van der Waals surface area contributed by atoms with Gasteiger partial charge in [0.15, 0.2) is 0 Å². The number of sulfonamides is 1. The summed E-state index contributed by atoms with van der Waals surface area (Å²) in [6.07, 6.45) is 1.89. The second kappa shape index (κ2) is 13.9. The second-order valence-electron chi connectivity index (χ2n) is 16.7. The summed E-state index contributed by atoms with van der Waals surface area (Å²) in [7, 11) is -2.38. The van der Waals surface area contributed by atoms with Crippen LogP contribution in [0.4, 0.5) is 0 Å². The number of likely N-dealkylation sites (tertiary alicyclic amines) is 1. The smallest absolute Gasteiger partial charge is 0.259 e. The van der Waals surface area contributed by atoms with Crippen LogP contribution in [-0.4, -0.2) is 83.1 Å². The van der Waals surface area contributed by atoms with E-state index in [1.807, 2.05) is 58.2 Å². The highest BCUT2D eigenvalue weighted by Gasteiger charge is 2.63. The van der Waals surface area contributed by atoms with Crippen molar-refractivity contribution >= 4 is 50.0 Å². The van der Waals surface area contributed by atoms with Crippen molar-refractivity contribution in [1.29, 1.82) is 0 Å². The van der Waals surface area contributed by atoms with Gasteiger partial charge in [-0.25, -0.2) is 18.4 Å². The van der Waals surface area contributed by atoms with E-state index in [4.69, 9.17) is 25.2 Å². The van der Waals surface area contributed by atoms with Gasteiger partial charge in [0.1, 0.15) is 39.9 Å². The van der Waals surface area contributed by atoms with Crippen molar-refractivity contribution in [2.24, 2.45) is 23.0 Å². The molecular formula is C39H52N6O7S2. The fraction of sp³-hybridized carbons (Fsp3) is 0.564. The van der Waals surface area contributed by atoms with Crippen molar-refractivity contribution in [3.05, 3.63) is 47.5 Å². The lowest BCUT2D eigenvalue weighted by Gasteiger charge is -2.33. The number of thiazole rings is 1. The number of hydrogen-bond donors (Lipinski definition) is 3. The van der Waals surface area contributed by atoms with E-state index in [1.54, 1.807) is 14.0 Å². The highest BCUT2D eigenvalue weighted by molar-refractivity contribution is 7.91. The Morgan fingerprint density at radius 2 is 1.85 bits per heavy atom. The third-order valence-electron chi connectivity index (χ3n) is 11.4. The maximum absolute atomic E-state index is 14.5. The molecule has 2 aromatic heterocycles. The Morgan fingerprint density at radius 3 is 2.41 bits per heavy atom. The lowest BCUT2D eigenvalue weighted by molar-refractivity contribution is -0.143. The van der Waals surface area contributed by atoms with Gasteiger partial charge >= 0.3 is 0 Å². The molecular weight excluding hydrogens is 729 g/mol. The van der Waals surface area contributed by atoms with E-state index in [1.165, 1.54) is 22.3 Å². The Labute approximate surface area is 321 Å². The van der Waals surface area contributed by atoms with Crippen LogP contribution in [-0.2, 0) is 24.4 Å². The number of amides is 3. The molecule has 1 aromatic carbocycles. The summed E-state index contributed by atoms with van der Waals surface area (Å²) in [5.41, 5.74) is 7.39. The summed E-state index contributed by atoms with van der Waals surface area (Å²) in [6.45, 7) is 18.9. The maximum atomic E-state index is 14.5. The third-order valence-corrected chi connectivity index (χ3v) is 14.4. The quantitative estimate of drug-likeness (QED) is 0.216. The summed E-state index contributed by atoms with van der Waals surface area (Å²) in [6, 6.07) is 3.51. The predicted molar refractivity (Wildman–Crippen MR) is 209 cm³/mol. The van der Waals surface area contributed by atoms with Crippen LogP contribution in [0, 0.1) is 24.2 Å². The van der Waals surface area contributed by atoms with Crippen LogP contribution in [0.25, 0.3) is 21.6 Å². The Kier molecular flexibility index (Phi) is 10.2. The number of ether oxygens (including phenoxy) is 2. The molecule has 3 aromatic rings. The Morgan fingerprint density at radius 1 is 1.17 bits per heavy atom. The zero-order valence-corrected chi connectivity index (χ0v) is 34.1. The summed E-state index contributed by atoms with van der Waals surface area (Å²) in [4.78, 5) is 53.6. The van der Waals surface area contributed by atoms with Gasteiger partial charge in [-0.15, -0.1) is 17.9 Å². The molecule has 292 valence electrons. The van der Waals surface area contributed by atoms with Crippen LogP contribution < -0.4 is 25.2 Å². The highest BCUT2D eigenvalue weighted by Crippen LogP contribution is 2.47. The van der Waals surface area contributed by atoms with Crippen molar-refractivity contribution in [3.8, 4) is 22.2 Å². The van der Waals surface area contributed by atoms with Crippen molar-refractivity contribution in [2.45, 2.75) is 109 Å². The number of aromatic nitrogens is 2. The van der Waals surface area contributed by atoms with E-state index >= 15 is 0 Å². The fourth-order valence-corrected chi connectivity index (χ4v) is 9.26. The van der Waals surface area contributed by atoms with E-state index in [2.05, 4.69) is 30.5 Å². The average molecular weight is 781 g/mol. The number of rotatable bonds is 12. The van der Waals surface area contributed by atoms with Gasteiger partial charge in [-0.3, -0.25) is 19.1 Å². The number of benzene rings is 1. The first kappa shape index (κ1) is 39.6. The summed E-state index contributed by atoms with van der Waals surface area (Å²) in [5, 5.41) is 6.32. The van der Waals surface area contributed by atoms with Crippen molar-refractivity contribution in [1.82, 2.24) is 24.9 Å². The molecule has 6 rings (SSSR count). The summed E-state index contributed by atoms with van der Waals surface area (Å²) >= 11 is 1.49. The van der Waals surface area contributed by atoms with E-state index in [9.17, 15) is 22.8 Å². The van der Waals surface area contributed by atoms with Crippen LogP contribution in [0.15, 0.2) is 36.2 Å². The molecule has 1 saturated heterocycles. The number of aryl methyl sites for hydroxylation is 1. The van der Waals surface area contributed by atoms with Gasteiger partial charge in [-0.05, 0) is 56.6 Å². The van der Waals surface area contributed by atoms with Crippen molar-refractivity contribution in [2.75, 3.05) is 13.7 Å². The van der Waals surface area contributed by atoms with Crippen LogP contribution >= 0.6 is 11.3 Å². The minimum atomic E-state index is -3.98. The lowest BCUT2D eigenvalue weighted by Crippen LogP contribution is -2.60. The minimum absolute atomic E-state index is 0.0295. The predicted octanol–water partition coefficient (Wildman–Crippen LogP) is 4.83. The van der Waals surface area contributed by atoms with Crippen molar-refractivity contribution in [3.63, 3.8) is 0 Å². The number of nitrogens with one attached hydrogen (secondary N) is 2. The molecule has 15 heteroatoms. The van der Waals surface area contributed by atoms with Gasteiger partial charge in [0, 0.05) is 34.2 Å². The fourth-order valence-electron chi connectivity index (χ4n) is 7.01. The molecule has 6 atom stereocenters. The number of pyridine rings is 1. The Balaban J connectivity index is 1.36. The first-order chi connectivity index (χ1) is 25.2. The van der Waals surface area contributed by atoms with Gasteiger partial charge in [0.05, 0.1) is 35.7 Å². The van der Waals surface area contributed by atoms with Gasteiger partial charge in [0.2, 0.25) is 21.8 Å². The lowest BCUT2D eigenvalue weighted by atomic mass is 9.86. The molecule has 2 aliphatic carbocycles. The third kappa shape index (κ3) is 6.98. The number of nitrogens with zero attached hydrogens (tertiary/aromatic N) is 3. The summed E-state index contributed by atoms with van der Waals surface area (Å²) < 4.78 is 39.7. The van der Waals surface area contributed by atoms with Gasteiger partial charge < -0.3 is 25.4 Å². The normalized spacial score (nSPS) is 25.3. The number of hydrogen-bond acceptors (Lipinski definition) is 11. The van der Waals surface area contributed by atoms with Gasteiger partial charge in [0.25, 0.3) is 5.91 Å². The molecule has 0 spiro atoms. The first-order valence-corrected chi connectivity index (χ1v) is 20.7. The first-order valence-electron chi connectivity index (χ1n) is 18.4. The van der Waals surface area contributed by atoms with E-state index in [0.29, 0.717) is 35.6 Å². The van der Waals surface area contributed by atoms with Crippen molar-refractivity contribution < 1.29 is 32.3 Å². The zero-order valence-electron chi connectivity index (χ0n) is 32.5. The molecule has 3 aliphatic rings. The SMILES string of the molecule is C=C[C@@H]1C[C@]1(NC(=O)[C@@H]1[C@H](C)[C@@H](Oc2cc(-c3nc(C(C)C)cs3)nc3c(C)c(OC)ccc23)CN1C(=O)C(N)C(C)(C)C)C(=O)NS(=O)(=O)C1(C)CC1. The summed E-state index contributed by atoms with van der Waals surface area (Å²) in [5.74, 6) is -1.57. The zero-order chi connectivity index (χ0) is 39.7. The highest BCUT2D eigenvalue weighted by atomic mass is 32.2. The van der Waals surface area contributed by atoms with Crippen LogP contribution in [0.1, 0.15) is 84.9 Å². The molecule has 1 aliphatic heterocycles. The number of fused-ring (bicyclic) bond motifs is 1. The van der Waals surface area contributed by atoms with Crippen LogP contribution in [0.3, 0.4) is 0 Å². The molecule has 4 N–H and O–H groups in total. The van der Waals surface area contributed by atoms with Gasteiger partial charge in [-0.2, -0.15) is 0 Å². The van der Waals surface area contributed by atoms with Gasteiger partial charge in [-0.1, -0.05) is 47.6 Å². The molecule has 2 saturated carbocycles. The second-order valence-corrected chi connectivity index (χ2v) is 19.8. The molecule has 1 unspecified atom stereocenters. The number of methoxy groups -OCH3 is 1. The van der Waals surface area contributed by atoms with E-state index in [-0.39, 0.29) is 18.9 Å². The Bertz CT molecular complexity index is 2120. The van der Waals surface area contributed by atoms with E-state index < -0.39 is 73.5 Å². The van der Waals surface area contributed by atoms with E-state index in [0.717, 1.165) is 21.7 Å². The Hall–Kier alpha value is -4.08. The molecule has 54 heavy (non-hydrogen) atoms. The molecule has 3 amide bonds. The average Bonchev–Trinajstić information content (AvgIpc) is 3.92. The molecule has 0 bridgehead atoms. The van der Waals surface area contributed by atoms with Crippen LogP contribution in [0.2, 0.25) is 0 Å². The topological polar surface area (TPSA) is 183 Å². The minimum Gasteiger partial charge on any atom is -0.496 e. The number of carbonyl (C=O) groups is 3. The molecule has 0 radical (unpaired) electrons. The molecule has 13 nitrogen and oxygen atoms in total. The van der Waals surface area contributed by atoms with Crippen LogP contribution in [0.5, 0.6) is 11.5 Å². The maximum Gasteiger partial charge on any atom is 0.259 e. The number of carbonyl (C=O) groups excluding carboxylic acids is 3. The molecule has 3 heterocycles. The molecule has 3 fully saturated rings. The number of nitrogens with two attached hydrogens (primary N) is 1. The monoisotopic (exact) mass is 780 g/mol.